The van der Waals surface area contributed by atoms with Gasteiger partial charge in [0.15, 0.2) is 17.6 Å². The Hall–Kier alpha value is -3.42. The van der Waals surface area contributed by atoms with Gasteiger partial charge < -0.3 is 18.9 Å². The molecule has 0 radical (unpaired) electrons. The predicted molar refractivity (Wildman–Crippen MR) is 117 cm³/mol. The lowest BCUT2D eigenvalue weighted by atomic mass is 10.1. The molecular weight excluding hydrogens is 400 g/mol. The number of benzene rings is 2. The summed E-state index contributed by atoms with van der Waals surface area (Å²) in [5.74, 6) is 1.73. The molecule has 0 bridgehead atoms. The summed E-state index contributed by atoms with van der Waals surface area (Å²) in [5.41, 5.74) is 5.06. The normalized spacial score (nSPS) is 11.4. The van der Waals surface area contributed by atoms with Crippen molar-refractivity contribution in [1.29, 1.82) is 0 Å². The number of carbonyl (C=O) groups excluding carboxylic acids is 2. The summed E-state index contributed by atoms with van der Waals surface area (Å²) < 4.78 is 21.7. The molecule has 0 spiro atoms. The van der Waals surface area contributed by atoms with Crippen LogP contribution in [-0.4, -0.2) is 38.7 Å². The van der Waals surface area contributed by atoms with E-state index in [9.17, 15) is 9.59 Å². The Kier molecular flexibility index (Phi) is 8.99. The average molecular weight is 431 g/mol. The van der Waals surface area contributed by atoms with Gasteiger partial charge in [0.1, 0.15) is 11.5 Å². The second-order valence-corrected chi connectivity index (χ2v) is 7.28. The largest absolute Gasteiger partial charge is 0.497 e. The van der Waals surface area contributed by atoms with Crippen molar-refractivity contribution in [3.8, 4) is 23.0 Å². The van der Waals surface area contributed by atoms with E-state index >= 15 is 0 Å². The molecule has 0 heterocycles. The van der Waals surface area contributed by atoms with Gasteiger partial charge in [-0.15, -0.1) is 0 Å². The van der Waals surface area contributed by atoms with Crippen LogP contribution in [0.25, 0.3) is 0 Å². The second kappa shape index (κ2) is 11.7. The van der Waals surface area contributed by atoms with Crippen LogP contribution in [0.3, 0.4) is 0 Å². The fourth-order valence-corrected chi connectivity index (χ4v) is 2.54. The van der Waals surface area contributed by atoms with Crippen molar-refractivity contribution in [2.45, 2.75) is 33.3 Å². The van der Waals surface area contributed by atoms with Crippen molar-refractivity contribution in [3.05, 3.63) is 48.0 Å². The molecule has 1 atom stereocenters. The number of methoxy groups -OCH3 is 2. The van der Waals surface area contributed by atoms with Crippen LogP contribution in [0.2, 0.25) is 0 Å². The van der Waals surface area contributed by atoms with Gasteiger partial charge in [-0.25, -0.2) is 0 Å². The van der Waals surface area contributed by atoms with E-state index in [1.807, 2.05) is 0 Å². The highest BCUT2D eigenvalue weighted by molar-refractivity contribution is 5.96. The van der Waals surface area contributed by atoms with Crippen molar-refractivity contribution in [1.82, 2.24) is 10.9 Å². The minimum atomic E-state index is -0.819. The maximum absolute atomic E-state index is 12.4. The number of carbonyl (C=O) groups is 2. The first kappa shape index (κ1) is 23.9. The van der Waals surface area contributed by atoms with Crippen molar-refractivity contribution in [2.75, 3.05) is 20.8 Å². The smallest absolute Gasteiger partial charge is 0.279 e. The SMILES string of the molecule is COc1ccc(OC(C)C(=O)NNC(=O)c2ccc(OCCC(C)C)c(OC)c2)cc1. The lowest BCUT2D eigenvalue weighted by Crippen LogP contribution is -2.47. The zero-order valence-electron chi connectivity index (χ0n) is 18.6. The summed E-state index contributed by atoms with van der Waals surface area (Å²) in [6, 6.07) is 11.7. The van der Waals surface area contributed by atoms with Crippen LogP contribution >= 0.6 is 0 Å². The molecule has 2 amide bonds. The van der Waals surface area contributed by atoms with Gasteiger partial charge in [-0.3, -0.25) is 20.4 Å². The van der Waals surface area contributed by atoms with Crippen molar-refractivity contribution >= 4 is 11.8 Å². The summed E-state index contributed by atoms with van der Waals surface area (Å²) >= 11 is 0. The topological polar surface area (TPSA) is 95.1 Å². The van der Waals surface area contributed by atoms with Crippen molar-refractivity contribution in [2.24, 2.45) is 5.92 Å². The summed E-state index contributed by atoms with van der Waals surface area (Å²) in [7, 11) is 3.07. The van der Waals surface area contributed by atoms with E-state index in [0.29, 0.717) is 41.1 Å². The van der Waals surface area contributed by atoms with Crippen LogP contribution in [0.5, 0.6) is 23.0 Å². The number of rotatable bonds is 10. The third-order valence-corrected chi connectivity index (χ3v) is 4.42. The highest BCUT2D eigenvalue weighted by Gasteiger charge is 2.17. The van der Waals surface area contributed by atoms with Gasteiger partial charge >= 0.3 is 0 Å². The molecule has 2 aromatic carbocycles. The third kappa shape index (κ3) is 7.40. The van der Waals surface area contributed by atoms with Crippen LogP contribution in [0, 0.1) is 5.92 Å². The molecule has 0 aliphatic heterocycles. The van der Waals surface area contributed by atoms with Crippen LogP contribution in [0.1, 0.15) is 37.6 Å². The molecule has 8 heteroatoms. The van der Waals surface area contributed by atoms with Gasteiger partial charge in [-0.05, 0) is 61.7 Å². The molecule has 2 rings (SSSR count). The fraction of sp³-hybridized carbons (Fsp3) is 0.391. The molecule has 31 heavy (non-hydrogen) atoms. The highest BCUT2D eigenvalue weighted by atomic mass is 16.5. The van der Waals surface area contributed by atoms with Gasteiger partial charge in [0.25, 0.3) is 11.8 Å². The molecule has 1 unspecified atom stereocenters. The van der Waals surface area contributed by atoms with E-state index in [1.165, 1.54) is 7.11 Å². The van der Waals surface area contributed by atoms with E-state index in [4.69, 9.17) is 18.9 Å². The van der Waals surface area contributed by atoms with Gasteiger partial charge in [0.05, 0.1) is 20.8 Å². The lowest BCUT2D eigenvalue weighted by Gasteiger charge is -2.16. The Morgan fingerprint density at radius 2 is 1.55 bits per heavy atom. The molecule has 0 fully saturated rings. The Bertz CT molecular complexity index is 867. The first-order valence-corrected chi connectivity index (χ1v) is 10.1. The van der Waals surface area contributed by atoms with Crippen LogP contribution in [0.15, 0.2) is 42.5 Å². The number of nitrogens with one attached hydrogen (secondary N) is 2. The standard InChI is InChI=1S/C23H30N2O6/c1-15(2)12-13-30-20-11-6-17(14-21(20)29-5)23(27)25-24-22(26)16(3)31-19-9-7-18(28-4)8-10-19/h6-11,14-16H,12-13H2,1-5H3,(H,24,26)(H,25,27). The summed E-state index contributed by atoms with van der Waals surface area (Å²) in [5, 5.41) is 0. The van der Waals surface area contributed by atoms with Crippen LogP contribution in [-0.2, 0) is 4.79 Å². The molecule has 0 aromatic heterocycles. The number of hydrogen-bond acceptors (Lipinski definition) is 6. The van der Waals surface area contributed by atoms with E-state index in [2.05, 4.69) is 24.7 Å². The van der Waals surface area contributed by atoms with Gasteiger partial charge in [0, 0.05) is 5.56 Å². The molecule has 0 aliphatic rings. The Morgan fingerprint density at radius 1 is 0.871 bits per heavy atom. The molecule has 0 saturated heterocycles. The monoisotopic (exact) mass is 430 g/mol. The fourth-order valence-electron chi connectivity index (χ4n) is 2.54. The minimum absolute atomic E-state index is 0.317. The third-order valence-electron chi connectivity index (χ3n) is 4.42. The van der Waals surface area contributed by atoms with E-state index in [1.54, 1.807) is 56.5 Å². The lowest BCUT2D eigenvalue weighted by molar-refractivity contribution is -0.128. The number of amides is 2. The molecule has 8 nitrogen and oxygen atoms in total. The molecule has 0 saturated carbocycles. The highest BCUT2D eigenvalue weighted by Crippen LogP contribution is 2.28. The molecular formula is C23H30N2O6. The van der Waals surface area contributed by atoms with Crippen molar-refractivity contribution in [3.63, 3.8) is 0 Å². The molecule has 0 aliphatic carbocycles. The number of ether oxygens (including phenoxy) is 4. The summed E-state index contributed by atoms with van der Waals surface area (Å²) in [6.07, 6.45) is 0.0914. The van der Waals surface area contributed by atoms with E-state index in [0.717, 1.165) is 6.42 Å². The zero-order chi connectivity index (χ0) is 22.8. The van der Waals surface area contributed by atoms with Gasteiger partial charge in [0.2, 0.25) is 0 Å². The predicted octanol–water partition coefficient (Wildman–Crippen LogP) is 3.36. The molecule has 168 valence electrons. The Morgan fingerprint density at radius 3 is 2.16 bits per heavy atom. The number of hydrazine groups is 1. The summed E-state index contributed by atoms with van der Waals surface area (Å²) in [6.45, 7) is 6.37. The van der Waals surface area contributed by atoms with Gasteiger partial charge in [-0.1, -0.05) is 13.8 Å². The quantitative estimate of drug-likeness (QED) is 0.562. The zero-order valence-corrected chi connectivity index (χ0v) is 18.6. The first-order chi connectivity index (χ1) is 14.8. The average Bonchev–Trinajstić information content (AvgIpc) is 2.77. The van der Waals surface area contributed by atoms with Gasteiger partial charge in [-0.2, -0.15) is 0 Å². The first-order valence-electron chi connectivity index (χ1n) is 10.1. The minimum Gasteiger partial charge on any atom is -0.497 e. The summed E-state index contributed by atoms with van der Waals surface area (Å²) in [4.78, 5) is 24.6. The number of hydrogen-bond donors (Lipinski definition) is 2. The maximum Gasteiger partial charge on any atom is 0.279 e. The van der Waals surface area contributed by atoms with Crippen molar-refractivity contribution < 1.29 is 28.5 Å². The Balaban J connectivity index is 1.89. The second-order valence-electron chi connectivity index (χ2n) is 7.28. The maximum atomic E-state index is 12.4. The molecule has 2 aromatic rings. The molecule has 2 N–H and O–H groups in total. The van der Waals surface area contributed by atoms with E-state index in [-0.39, 0.29) is 0 Å². The Labute approximate surface area is 182 Å². The van der Waals surface area contributed by atoms with Crippen LogP contribution < -0.4 is 29.8 Å². The van der Waals surface area contributed by atoms with E-state index < -0.39 is 17.9 Å². The van der Waals surface area contributed by atoms with Crippen LogP contribution in [0.4, 0.5) is 0 Å².